The molecule has 0 N–H and O–H groups in total. The van der Waals surface area contributed by atoms with E-state index in [4.69, 9.17) is 10.5 Å². The smallest absolute Gasteiger partial charge is 0.169 e. The van der Waals surface area contributed by atoms with Crippen LogP contribution in [0.5, 0.6) is 0 Å². The molecule has 0 spiro atoms. The highest BCUT2D eigenvalue weighted by Gasteiger charge is 2.37. The van der Waals surface area contributed by atoms with Crippen LogP contribution in [0.1, 0.15) is 55.9 Å². The summed E-state index contributed by atoms with van der Waals surface area (Å²) >= 11 is 0. The van der Waals surface area contributed by atoms with Crippen LogP contribution >= 0.6 is 0 Å². The Kier molecular flexibility index (Phi) is 7.73. The fourth-order valence-electron chi connectivity index (χ4n) is 3.28. The third-order valence-electron chi connectivity index (χ3n) is 5.51. The Bertz CT molecular complexity index is 1290. The van der Waals surface area contributed by atoms with Crippen LogP contribution < -0.4 is 0 Å². The van der Waals surface area contributed by atoms with Gasteiger partial charge in [0.25, 0.3) is 0 Å². The molecule has 0 unspecified atom stereocenters. The summed E-state index contributed by atoms with van der Waals surface area (Å²) in [5, 5.41) is 27.2. The molecule has 0 amide bonds. The maximum atomic E-state index is 14.9. The van der Waals surface area contributed by atoms with E-state index in [0.29, 0.717) is 0 Å². The Balaban J connectivity index is 3.00. The molecule has 35 heavy (non-hydrogen) atoms. The van der Waals surface area contributed by atoms with E-state index in [2.05, 4.69) is 0 Å². The first kappa shape index (κ1) is 27.1. The van der Waals surface area contributed by atoms with Gasteiger partial charge in [-0.3, -0.25) is 0 Å². The van der Waals surface area contributed by atoms with Gasteiger partial charge < -0.3 is 0 Å². The maximum Gasteiger partial charge on any atom is 0.169 e. The second kappa shape index (κ2) is 9.99. The number of halogens is 8. The average Bonchev–Trinajstić information content (AvgIpc) is 2.84. The number of benzene rings is 2. The number of hydrogen-bond acceptors (Lipinski definition) is 3. The van der Waals surface area contributed by atoms with Gasteiger partial charge in [0, 0.05) is 11.1 Å². The van der Waals surface area contributed by atoms with E-state index in [0.717, 1.165) is 33.8 Å². The number of rotatable bonds is 4. The molecule has 0 bridgehead atoms. The van der Waals surface area contributed by atoms with Gasteiger partial charge in [-0.25, -0.2) is 35.1 Å². The topological polar surface area (TPSA) is 71.4 Å². The van der Waals surface area contributed by atoms with Gasteiger partial charge in [0.15, 0.2) is 46.5 Å². The van der Waals surface area contributed by atoms with E-state index >= 15 is 0 Å². The van der Waals surface area contributed by atoms with Crippen molar-refractivity contribution in [2.75, 3.05) is 0 Å². The van der Waals surface area contributed by atoms with Crippen molar-refractivity contribution < 1.29 is 35.1 Å². The fraction of sp³-hybridized carbons (Fsp3) is 0.208. The monoisotopic (exact) mass is 495 g/mol. The molecule has 0 saturated heterocycles. The molecule has 0 atom stereocenters. The molecule has 0 heterocycles. The fourth-order valence-corrected chi connectivity index (χ4v) is 3.28. The zero-order valence-electron chi connectivity index (χ0n) is 18.4. The summed E-state index contributed by atoms with van der Waals surface area (Å²) in [6, 6.07) is 4.07. The summed E-state index contributed by atoms with van der Waals surface area (Å²) in [7, 11) is 0. The highest BCUT2D eigenvalue weighted by atomic mass is 19.2. The Morgan fingerprint density at radius 1 is 0.514 bits per heavy atom. The van der Waals surface area contributed by atoms with Crippen molar-refractivity contribution >= 4 is 11.1 Å². The minimum absolute atomic E-state index is 0.320. The van der Waals surface area contributed by atoms with Gasteiger partial charge in [0.1, 0.15) is 5.92 Å². The summed E-state index contributed by atoms with van der Waals surface area (Å²) in [5.74, 6) is -20.2. The Labute approximate surface area is 194 Å². The number of nitriles is 3. The van der Waals surface area contributed by atoms with Crippen LogP contribution in [0, 0.1) is 80.5 Å². The quantitative estimate of drug-likeness (QED) is 0.258. The lowest BCUT2D eigenvalue weighted by molar-refractivity contribution is 0.418. The van der Waals surface area contributed by atoms with E-state index in [-0.39, 0.29) is 11.1 Å². The minimum Gasteiger partial charge on any atom is -0.203 e. The summed E-state index contributed by atoms with van der Waals surface area (Å²) in [5.41, 5.74) is -7.93. The van der Waals surface area contributed by atoms with Crippen molar-refractivity contribution in [2.45, 2.75) is 33.6 Å². The summed E-state index contributed by atoms with van der Waals surface area (Å²) < 4.78 is 118. The molecular formula is C24H13F8N3. The second-order valence-corrected chi connectivity index (χ2v) is 7.37. The first-order valence-corrected chi connectivity index (χ1v) is 9.55. The maximum absolute atomic E-state index is 14.9. The molecule has 0 aliphatic rings. The molecule has 11 heteroatoms. The van der Waals surface area contributed by atoms with Gasteiger partial charge in [0.05, 0.1) is 40.5 Å². The summed E-state index contributed by atoms with van der Waals surface area (Å²) in [6.45, 7) is 4.14. The van der Waals surface area contributed by atoms with Gasteiger partial charge in [-0.05, 0) is 38.8 Å². The van der Waals surface area contributed by atoms with E-state index in [9.17, 15) is 40.4 Å². The lowest BCUT2D eigenvalue weighted by Gasteiger charge is -2.19. The molecule has 0 aliphatic carbocycles. The van der Waals surface area contributed by atoms with E-state index in [1.807, 2.05) is 0 Å². The van der Waals surface area contributed by atoms with Crippen LogP contribution in [-0.2, 0) is 0 Å². The molecule has 0 saturated carbocycles. The van der Waals surface area contributed by atoms with E-state index in [1.165, 1.54) is 12.1 Å². The van der Waals surface area contributed by atoms with Crippen molar-refractivity contribution in [2.24, 2.45) is 0 Å². The molecule has 0 aromatic heterocycles. The molecule has 2 rings (SSSR count). The Morgan fingerprint density at radius 2 is 0.771 bits per heavy atom. The number of nitrogens with zero attached hydrogens (tertiary/aromatic N) is 3. The third-order valence-corrected chi connectivity index (χ3v) is 5.51. The zero-order chi connectivity index (χ0) is 26.9. The lowest BCUT2D eigenvalue weighted by atomic mass is 9.86. The normalized spacial score (nSPS) is 13.3. The standard InChI is InChI=1S/C24H13F8N3/c1-8(5-33)10(3)13-17(25)21(29)15(22(30)18(13)26)12(7-35)16-23(31)19(27)14(20(28)24(16)32)11(4)9(2)6-34/h12H,1-4H3. The predicted octanol–water partition coefficient (Wildman–Crippen LogP) is 7.09. The zero-order valence-corrected chi connectivity index (χ0v) is 18.4. The van der Waals surface area contributed by atoms with Gasteiger partial charge in [0.2, 0.25) is 0 Å². The highest BCUT2D eigenvalue weighted by molar-refractivity contribution is 5.72. The first-order chi connectivity index (χ1) is 16.3. The molecule has 2 aromatic carbocycles. The molecular weight excluding hydrogens is 482 g/mol. The predicted molar refractivity (Wildman–Crippen MR) is 108 cm³/mol. The summed E-state index contributed by atoms with van der Waals surface area (Å²) in [4.78, 5) is 0. The highest BCUT2D eigenvalue weighted by Crippen LogP contribution is 2.40. The van der Waals surface area contributed by atoms with Crippen LogP contribution in [0.4, 0.5) is 35.1 Å². The molecule has 0 radical (unpaired) electrons. The lowest BCUT2D eigenvalue weighted by Crippen LogP contribution is -2.17. The Morgan fingerprint density at radius 3 is 0.971 bits per heavy atom. The number of allylic oxidation sites excluding steroid dienone is 4. The minimum atomic E-state index is -2.87. The van der Waals surface area contributed by atoms with Crippen molar-refractivity contribution in [3.63, 3.8) is 0 Å². The molecule has 0 aliphatic heterocycles. The van der Waals surface area contributed by atoms with E-state index < -0.39 is 85.9 Å². The first-order valence-electron chi connectivity index (χ1n) is 9.55. The van der Waals surface area contributed by atoms with Crippen molar-refractivity contribution in [3.8, 4) is 18.2 Å². The molecule has 3 nitrogen and oxygen atoms in total. The molecule has 0 fully saturated rings. The SMILES string of the molecule is CC(C#N)=C(C)c1c(F)c(F)c(C(C#N)c2c(F)c(F)c(C(C)=C(C)C#N)c(F)c2F)c(F)c1F. The summed E-state index contributed by atoms with van der Waals surface area (Å²) in [6.07, 6.45) is 0. The second-order valence-electron chi connectivity index (χ2n) is 7.37. The van der Waals surface area contributed by atoms with Crippen LogP contribution in [0.15, 0.2) is 11.1 Å². The Hall–Kier alpha value is -4.17. The average molecular weight is 495 g/mol. The van der Waals surface area contributed by atoms with Crippen LogP contribution in [0.2, 0.25) is 0 Å². The third kappa shape index (κ3) is 4.24. The van der Waals surface area contributed by atoms with Crippen LogP contribution in [0.3, 0.4) is 0 Å². The molecule has 180 valence electrons. The van der Waals surface area contributed by atoms with E-state index in [1.54, 1.807) is 0 Å². The largest absolute Gasteiger partial charge is 0.203 e. The number of hydrogen-bond donors (Lipinski definition) is 0. The van der Waals surface area contributed by atoms with Crippen molar-refractivity contribution in [1.82, 2.24) is 0 Å². The van der Waals surface area contributed by atoms with Gasteiger partial charge in [-0.1, -0.05) is 0 Å². The molecule has 2 aromatic rings. The van der Waals surface area contributed by atoms with Crippen LogP contribution in [-0.4, -0.2) is 0 Å². The van der Waals surface area contributed by atoms with Gasteiger partial charge in [-0.15, -0.1) is 0 Å². The van der Waals surface area contributed by atoms with Crippen LogP contribution in [0.25, 0.3) is 11.1 Å². The van der Waals surface area contributed by atoms with Gasteiger partial charge >= 0.3 is 0 Å². The van der Waals surface area contributed by atoms with Crippen molar-refractivity contribution in [3.05, 3.63) is 79.9 Å². The van der Waals surface area contributed by atoms with Gasteiger partial charge in [-0.2, -0.15) is 15.8 Å². The van der Waals surface area contributed by atoms with Crippen molar-refractivity contribution in [1.29, 1.82) is 15.8 Å².